The summed E-state index contributed by atoms with van der Waals surface area (Å²) in [6, 6.07) is 3.25. The van der Waals surface area contributed by atoms with Gasteiger partial charge in [-0.1, -0.05) is 6.92 Å². The van der Waals surface area contributed by atoms with Crippen molar-refractivity contribution in [2.24, 2.45) is 0 Å². The maximum Gasteiger partial charge on any atom is 0.274 e. The van der Waals surface area contributed by atoms with Crippen LogP contribution in [0.4, 0.5) is 5.82 Å². The van der Waals surface area contributed by atoms with Crippen molar-refractivity contribution in [2.75, 3.05) is 37.5 Å². The molecule has 1 heterocycles. The molecule has 0 atom stereocenters. The van der Waals surface area contributed by atoms with Crippen molar-refractivity contribution in [1.29, 1.82) is 0 Å². The summed E-state index contributed by atoms with van der Waals surface area (Å²) >= 11 is 0. The lowest BCUT2D eigenvalue weighted by atomic mass is 10.3. The number of hydrogen-bond donors (Lipinski definition) is 1. The van der Waals surface area contributed by atoms with Gasteiger partial charge in [0.25, 0.3) is 5.91 Å². The minimum Gasteiger partial charge on any atom is -0.369 e. The Hall–Kier alpha value is -1.70. The minimum absolute atomic E-state index is 0.0706. The smallest absolute Gasteiger partial charge is 0.274 e. The minimum atomic E-state index is -3.09. The standard InChI is InChI=1S/C12H20N4O3S/c1-4-7-13-11-6-5-10(14-15-11)12(17)16(2)8-9-20(3,18)19/h5-6H,4,7-9H2,1-3H3,(H,13,15). The van der Waals surface area contributed by atoms with E-state index in [1.54, 1.807) is 19.2 Å². The maximum absolute atomic E-state index is 12.0. The molecule has 7 nitrogen and oxygen atoms in total. The molecule has 1 rings (SSSR count). The number of sulfone groups is 1. The first kappa shape index (κ1) is 16.4. The quantitative estimate of drug-likeness (QED) is 0.784. The third-order valence-electron chi connectivity index (χ3n) is 2.58. The van der Waals surface area contributed by atoms with Crippen LogP contribution in [0.5, 0.6) is 0 Å². The summed E-state index contributed by atoms with van der Waals surface area (Å²) in [5.41, 5.74) is 0.197. The Morgan fingerprint density at radius 1 is 1.35 bits per heavy atom. The average molecular weight is 300 g/mol. The number of anilines is 1. The van der Waals surface area contributed by atoms with E-state index in [1.165, 1.54) is 4.90 Å². The predicted octanol–water partition coefficient (Wildman–Crippen LogP) is 0.415. The van der Waals surface area contributed by atoms with Gasteiger partial charge in [-0.2, -0.15) is 0 Å². The van der Waals surface area contributed by atoms with Crippen LogP contribution in [0.3, 0.4) is 0 Å². The summed E-state index contributed by atoms with van der Waals surface area (Å²) in [5, 5.41) is 10.8. The van der Waals surface area contributed by atoms with E-state index in [2.05, 4.69) is 15.5 Å². The van der Waals surface area contributed by atoms with Crippen LogP contribution in [0.1, 0.15) is 23.8 Å². The molecule has 20 heavy (non-hydrogen) atoms. The molecule has 0 saturated carbocycles. The lowest BCUT2D eigenvalue weighted by molar-refractivity contribution is 0.0796. The van der Waals surface area contributed by atoms with Crippen molar-refractivity contribution in [3.63, 3.8) is 0 Å². The van der Waals surface area contributed by atoms with E-state index in [0.717, 1.165) is 19.2 Å². The van der Waals surface area contributed by atoms with Gasteiger partial charge in [0.15, 0.2) is 5.69 Å². The van der Waals surface area contributed by atoms with Gasteiger partial charge in [0.2, 0.25) is 0 Å². The summed E-state index contributed by atoms with van der Waals surface area (Å²) in [6.07, 6.45) is 2.11. The molecule has 112 valence electrons. The lowest BCUT2D eigenvalue weighted by Gasteiger charge is -2.15. The highest BCUT2D eigenvalue weighted by atomic mass is 32.2. The second-order valence-electron chi connectivity index (χ2n) is 4.59. The second-order valence-corrected chi connectivity index (χ2v) is 6.85. The predicted molar refractivity (Wildman–Crippen MR) is 77.5 cm³/mol. The molecule has 8 heteroatoms. The van der Waals surface area contributed by atoms with Crippen LogP contribution in [0.25, 0.3) is 0 Å². The summed E-state index contributed by atoms with van der Waals surface area (Å²) in [7, 11) is -1.55. The third kappa shape index (κ3) is 5.52. The Labute approximate surface area is 119 Å². The molecule has 0 radical (unpaired) electrons. The van der Waals surface area contributed by atoms with Crippen LogP contribution in [-0.2, 0) is 9.84 Å². The molecular formula is C12H20N4O3S. The van der Waals surface area contributed by atoms with Gasteiger partial charge in [0.05, 0.1) is 5.75 Å². The maximum atomic E-state index is 12.0. The highest BCUT2D eigenvalue weighted by molar-refractivity contribution is 7.90. The van der Waals surface area contributed by atoms with Gasteiger partial charge in [0.1, 0.15) is 15.7 Å². The number of carbonyl (C=O) groups excluding carboxylic acids is 1. The number of nitrogens with one attached hydrogen (secondary N) is 1. The van der Waals surface area contributed by atoms with Gasteiger partial charge in [-0.25, -0.2) is 8.42 Å². The van der Waals surface area contributed by atoms with E-state index in [-0.39, 0.29) is 23.9 Å². The Morgan fingerprint density at radius 3 is 2.55 bits per heavy atom. The highest BCUT2D eigenvalue weighted by Gasteiger charge is 2.15. The number of amides is 1. The van der Waals surface area contributed by atoms with Crippen LogP contribution in [0, 0.1) is 0 Å². The fraction of sp³-hybridized carbons (Fsp3) is 0.583. The number of nitrogens with zero attached hydrogens (tertiary/aromatic N) is 3. The molecule has 0 fully saturated rings. The van der Waals surface area contributed by atoms with Gasteiger partial charge >= 0.3 is 0 Å². The van der Waals surface area contributed by atoms with E-state index in [1.807, 2.05) is 6.92 Å². The second kappa shape index (κ2) is 7.18. The van der Waals surface area contributed by atoms with Crippen molar-refractivity contribution in [3.05, 3.63) is 17.8 Å². The van der Waals surface area contributed by atoms with E-state index >= 15 is 0 Å². The Balaban J connectivity index is 2.62. The molecule has 0 spiro atoms. The van der Waals surface area contributed by atoms with E-state index in [4.69, 9.17) is 0 Å². The fourth-order valence-electron chi connectivity index (χ4n) is 1.39. The van der Waals surface area contributed by atoms with Crippen molar-refractivity contribution in [2.45, 2.75) is 13.3 Å². The van der Waals surface area contributed by atoms with Gasteiger partial charge in [-0.15, -0.1) is 10.2 Å². The number of aromatic nitrogens is 2. The first-order valence-corrected chi connectivity index (χ1v) is 8.40. The topological polar surface area (TPSA) is 92.3 Å². The van der Waals surface area contributed by atoms with Gasteiger partial charge < -0.3 is 10.2 Å². The molecule has 0 saturated heterocycles. The molecule has 1 aromatic rings. The molecule has 1 aromatic heterocycles. The van der Waals surface area contributed by atoms with Gasteiger partial charge in [0, 0.05) is 26.4 Å². The summed E-state index contributed by atoms with van der Waals surface area (Å²) in [5.74, 6) is 0.198. The van der Waals surface area contributed by atoms with Crippen molar-refractivity contribution < 1.29 is 13.2 Å². The molecule has 0 aromatic carbocycles. The summed E-state index contributed by atoms with van der Waals surface area (Å²) in [6.45, 7) is 2.96. The number of carbonyl (C=O) groups is 1. The zero-order valence-corrected chi connectivity index (χ0v) is 12.8. The van der Waals surface area contributed by atoms with E-state index in [0.29, 0.717) is 5.82 Å². The normalized spacial score (nSPS) is 11.2. The monoisotopic (exact) mass is 300 g/mol. The molecule has 0 unspecified atom stereocenters. The van der Waals surface area contributed by atoms with Crippen LogP contribution in [0.2, 0.25) is 0 Å². The first-order valence-electron chi connectivity index (χ1n) is 6.34. The van der Waals surface area contributed by atoms with Crippen molar-refractivity contribution >= 4 is 21.6 Å². The fourth-order valence-corrected chi connectivity index (χ4v) is 2.00. The molecule has 0 aliphatic carbocycles. The zero-order chi connectivity index (χ0) is 15.2. The van der Waals surface area contributed by atoms with Gasteiger partial charge in [-0.3, -0.25) is 4.79 Å². The first-order chi connectivity index (χ1) is 9.33. The Morgan fingerprint density at radius 2 is 2.05 bits per heavy atom. The Kier molecular flexibility index (Phi) is 5.87. The van der Waals surface area contributed by atoms with Crippen LogP contribution in [-0.4, -0.2) is 61.6 Å². The third-order valence-corrected chi connectivity index (χ3v) is 3.51. The molecule has 0 aliphatic rings. The summed E-state index contributed by atoms with van der Waals surface area (Å²) < 4.78 is 22.1. The van der Waals surface area contributed by atoms with Crippen molar-refractivity contribution in [1.82, 2.24) is 15.1 Å². The van der Waals surface area contributed by atoms with Gasteiger partial charge in [-0.05, 0) is 18.6 Å². The molecule has 1 amide bonds. The van der Waals surface area contributed by atoms with Crippen LogP contribution < -0.4 is 5.32 Å². The van der Waals surface area contributed by atoms with Crippen LogP contribution in [0.15, 0.2) is 12.1 Å². The average Bonchev–Trinajstić information content (AvgIpc) is 2.41. The molecule has 1 N–H and O–H groups in total. The molecule has 0 aliphatic heterocycles. The van der Waals surface area contributed by atoms with E-state index in [9.17, 15) is 13.2 Å². The Bertz CT molecular complexity index is 542. The molecule has 0 bridgehead atoms. The lowest BCUT2D eigenvalue weighted by Crippen LogP contribution is -2.32. The molecular weight excluding hydrogens is 280 g/mol. The number of rotatable bonds is 7. The zero-order valence-electron chi connectivity index (χ0n) is 12.0. The largest absolute Gasteiger partial charge is 0.369 e. The van der Waals surface area contributed by atoms with Crippen LogP contribution >= 0.6 is 0 Å². The SMILES string of the molecule is CCCNc1ccc(C(=O)N(C)CCS(C)(=O)=O)nn1. The van der Waals surface area contributed by atoms with E-state index < -0.39 is 9.84 Å². The van der Waals surface area contributed by atoms with Crippen molar-refractivity contribution in [3.8, 4) is 0 Å². The number of hydrogen-bond acceptors (Lipinski definition) is 6. The summed E-state index contributed by atoms with van der Waals surface area (Å²) in [4.78, 5) is 13.3. The highest BCUT2D eigenvalue weighted by Crippen LogP contribution is 2.04.